The number of aryl methyl sites for hydroxylation is 1. The molecule has 1 aliphatic heterocycles. The van der Waals surface area contributed by atoms with Gasteiger partial charge in [-0.25, -0.2) is 14.5 Å². The molecule has 1 aromatic heterocycles. The van der Waals surface area contributed by atoms with Gasteiger partial charge in [-0.2, -0.15) is 5.10 Å². The van der Waals surface area contributed by atoms with E-state index in [1.807, 2.05) is 54.3 Å². The normalized spacial score (nSPS) is 16.9. The molecule has 7 heteroatoms. The Hall–Kier alpha value is -2.86. The Balaban J connectivity index is 1.62. The number of H-pyrrole nitrogens is 1. The van der Waals surface area contributed by atoms with E-state index in [1.165, 1.54) is 4.57 Å². The number of hydrogen-bond acceptors (Lipinski definition) is 3. The van der Waals surface area contributed by atoms with Gasteiger partial charge in [0.05, 0.1) is 5.69 Å². The molecule has 4 rings (SSSR count). The summed E-state index contributed by atoms with van der Waals surface area (Å²) in [6.07, 6.45) is 0.330. The lowest BCUT2D eigenvalue weighted by Gasteiger charge is -2.17. The lowest BCUT2D eigenvalue weighted by molar-refractivity contribution is -0.128. The standard InChI is InChI=1S/C20H19ClN4O2/c1-13-7-8-16(10-17(13)21)25-19(22-23-20(25)27)15-9-18(26)24(12-15)11-14-5-3-2-4-6-14/h2-8,10,15H,9,11-12H2,1H3,(H,23,27)/t15-/m1/s1. The minimum atomic E-state index is -0.334. The first kappa shape index (κ1) is 17.5. The quantitative estimate of drug-likeness (QED) is 0.753. The maximum Gasteiger partial charge on any atom is 0.347 e. The fraction of sp³-hybridized carbons (Fsp3) is 0.250. The third kappa shape index (κ3) is 3.40. The zero-order valence-corrected chi connectivity index (χ0v) is 15.6. The smallest absolute Gasteiger partial charge is 0.338 e. The van der Waals surface area contributed by atoms with Crippen LogP contribution in [0.5, 0.6) is 0 Å². The Kier molecular flexibility index (Phi) is 4.58. The summed E-state index contributed by atoms with van der Waals surface area (Å²) < 4.78 is 1.51. The summed E-state index contributed by atoms with van der Waals surface area (Å²) in [6.45, 7) is 2.99. The molecule has 27 heavy (non-hydrogen) atoms. The van der Waals surface area contributed by atoms with Crippen LogP contribution in [0.25, 0.3) is 5.69 Å². The van der Waals surface area contributed by atoms with E-state index in [0.29, 0.717) is 36.0 Å². The molecule has 1 fully saturated rings. The number of halogens is 1. The van der Waals surface area contributed by atoms with E-state index in [4.69, 9.17) is 11.6 Å². The van der Waals surface area contributed by atoms with Crippen LogP contribution in [-0.2, 0) is 11.3 Å². The van der Waals surface area contributed by atoms with E-state index in [2.05, 4.69) is 10.2 Å². The van der Waals surface area contributed by atoms with Crippen LogP contribution < -0.4 is 5.69 Å². The van der Waals surface area contributed by atoms with E-state index in [-0.39, 0.29) is 17.5 Å². The van der Waals surface area contributed by atoms with E-state index < -0.39 is 0 Å². The highest BCUT2D eigenvalue weighted by atomic mass is 35.5. The second-order valence-corrected chi connectivity index (χ2v) is 7.22. The molecule has 1 N–H and O–H groups in total. The molecule has 0 saturated carbocycles. The lowest BCUT2D eigenvalue weighted by Crippen LogP contribution is -2.25. The zero-order chi connectivity index (χ0) is 19.0. The minimum Gasteiger partial charge on any atom is -0.338 e. The van der Waals surface area contributed by atoms with Gasteiger partial charge >= 0.3 is 5.69 Å². The Labute approximate surface area is 161 Å². The first-order chi connectivity index (χ1) is 13.0. The highest BCUT2D eigenvalue weighted by Crippen LogP contribution is 2.29. The molecule has 0 unspecified atom stereocenters. The van der Waals surface area contributed by atoms with Crippen LogP contribution in [0.4, 0.5) is 0 Å². The van der Waals surface area contributed by atoms with Crippen molar-refractivity contribution < 1.29 is 4.79 Å². The van der Waals surface area contributed by atoms with Crippen LogP contribution in [0.3, 0.4) is 0 Å². The largest absolute Gasteiger partial charge is 0.347 e. The molecule has 1 amide bonds. The van der Waals surface area contributed by atoms with Crippen LogP contribution in [0, 0.1) is 6.92 Å². The second-order valence-electron chi connectivity index (χ2n) is 6.82. The van der Waals surface area contributed by atoms with Crippen molar-refractivity contribution in [2.75, 3.05) is 6.54 Å². The van der Waals surface area contributed by atoms with Crippen molar-refractivity contribution in [3.05, 3.63) is 81.0 Å². The fourth-order valence-corrected chi connectivity index (χ4v) is 3.63. The third-order valence-corrected chi connectivity index (χ3v) is 5.32. The molecule has 0 radical (unpaired) electrons. The van der Waals surface area contributed by atoms with Gasteiger partial charge in [0, 0.05) is 30.5 Å². The Bertz CT molecular complexity index is 1040. The van der Waals surface area contributed by atoms with Crippen molar-refractivity contribution in [2.24, 2.45) is 0 Å². The number of carbonyl (C=O) groups excluding carboxylic acids is 1. The summed E-state index contributed by atoms with van der Waals surface area (Å²) in [5.41, 5.74) is 2.33. The van der Waals surface area contributed by atoms with Crippen molar-refractivity contribution in [2.45, 2.75) is 25.8 Å². The fourth-order valence-electron chi connectivity index (χ4n) is 3.46. The van der Waals surface area contributed by atoms with Crippen LogP contribution in [0.15, 0.2) is 53.3 Å². The maximum absolute atomic E-state index is 12.5. The average molecular weight is 383 g/mol. The SMILES string of the molecule is Cc1ccc(-n2c([C@@H]3CC(=O)N(Cc4ccccc4)C3)n[nH]c2=O)cc1Cl. The molecule has 0 aliphatic carbocycles. The van der Waals surface area contributed by atoms with Crippen LogP contribution >= 0.6 is 11.6 Å². The van der Waals surface area contributed by atoms with Crippen LogP contribution in [0.2, 0.25) is 5.02 Å². The van der Waals surface area contributed by atoms with Crippen molar-refractivity contribution >= 4 is 17.5 Å². The van der Waals surface area contributed by atoms with Crippen molar-refractivity contribution in [3.8, 4) is 5.69 Å². The highest BCUT2D eigenvalue weighted by molar-refractivity contribution is 6.31. The number of aromatic amines is 1. The summed E-state index contributed by atoms with van der Waals surface area (Å²) >= 11 is 6.22. The first-order valence-electron chi connectivity index (χ1n) is 8.78. The zero-order valence-electron chi connectivity index (χ0n) is 14.9. The topological polar surface area (TPSA) is 71.0 Å². The molecule has 1 atom stereocenters. The van der Waals surface area contributed by atoms with Gasteiger partial charge < -0.3 is 4.90 Å². The number of likely N-dealkylation sites (tertiary alicyclic amines) is 1. The molecular weight excluding hydrogens is 364 g/mol. The molecular formula is C20H19ClN4O2. The van der Waals surface area contributed by atoms with Gasteiger partial charge in [-0.1, -0.05) is 48.0 Å². The maximum atomic E-state index is 12.5. The predicted octanol–water partition coefficient (Wildman–Crippen LogP) is 3.04. The van der Waals surface area contributed by atoms with Crippen LogP contribution in [0.1, 0.15) is 29.3 Å². The van der Waals surface area contributed by atoms with Gasteiger partial charge in [0.15, 0.2) is 0 Å². The number of nitrogens with zero attached hydrogens (tertiary/aromatic N) is 3. The number of benzene rings is 2. The van der Waals surface area contributed by atoms with E-state index in [0.717, 1.165) is 11.1 Å². The number of hydrogen-bond donors (Lipinski definition) is 1. The molecule has 1 saturated heterocycles. The van der Waals surface area contributed by atoms with Gasteiger partial charge in [-0.3, -0.25) is 4.79 Å². The Morgan fingerprint density at radius 3 is 2.70 bits per heavy atom. The van der Waals surface area contributed by atoms with Gasteiger partial charge in [-0.05, 0) is 30.2 Å². The highest BCUT2D eigenvalue weighted by Gasteiger charge is 2.34. The molecule has 2 aromatic carbocycles. The molecule has 2 heterocycles. The summed E-state index contributed by atoms with van der Waals surface area (Å²) in [5.74, 6) is 0.469. The minimum absolute atomic E-state index is 0.0628. The number of rotatable bonds is 4. The summed E-state index contributed by atoms with van der Waals surface area (Å²) in [5, 5.41) is 7.30. The van der Waals surface area contributed by atoms with Crippen molar-refractivity contribution in [1.29, 1.82) is 0 Å². The van der Waals surface area contributed by atoms with E-state index >= 15 is 0 Å². The second kappa shape index (κ2) is 7.04. The van der Waals surface area contributed by atoms with E-state index in [1.54, 1.807) is 6.07 Å². The predicted molar refractivity (Wildman–Crippen MR) is 103 cm³/mol. The number of aromatic nitrogens is 3. The number of carbonyl (C=O) groups is 1. The van der Waals surface area contributed by atoms with E-state index in [9.17, 15) is 9.59 Å². The molecule has 0 spiro atoms. The third-order valence-electron chi connectivity index (χ3n) is 4.91. The summed E-state index contributed by atoms with van der Waals surface area (Å²) in [6, 6.07) is 15.3. The lowest BCUT2D eigenvalue weighted by atomic mass is 10.1. The monoisotopic (exact) mass is 382 g/mol. The van der Waals surface area contributed by atoms with Gasteiger partial charge in [0.1, 0.15) is 5.82 Å². The number of amides is 1. The number of nitrogens with one attached hydrogen (secondary N) is 1. The molecule has 138 valence electrons. The first-order valence-corrected chi connectivity index (χ1v) is 9.16. The van der Waals surface area contributed by atoms with Gasteiger partial charge in [0.25, 0.3) is 0 Å². The summed E-state index contributed by atoms with van der Waals surface area (Å²) in [4.78, 5) is 26.7. The van der Waals surface area contributed by atoms with Gasteiger partial charge in [-0.15, -0.1) is 0 Å². The molecule has 0 bridgehead atoms. The summed E-state index contributed by atoms with van der Waals surface area (Å²) in [7, 11) is 0. The van der Waals surface area contributed by atoms with Gasteiger partial charge in [0.2, 0.25) is 5.91 Å². The Morgan fingerprint density at radius 2 is 1.96 bits per heavy atom. The van der Waals surface area contributed by atoms with Crippen molar-refractivity contribution in [3.63, 3.8) is 0 Å². The average Bonchev–Trinajstić information content (AvgIpc) is 3.21. The molecule has 3 aromatic rings. The van der Waals surface area contributed by atoms with Crippen molar-refractivity contribution in [1.82, 2.24) is 19.7 Å². The molecule has 6 nitrogen and oxygen atoms in total. The Morgan fingerprint density at radius 1 is 1.19 bits per heavy atom. The molecule has 1 aliphatic rings. The van der Waals surface area contributed by atoms with Crippen LogP contribution in [-0.4, -0.2) is 32.1 Å².